The van der Waals surface area contributed by atoms with E-state index in [1.54, 1.807) is 5.41 Å². The van der Waals surface area contributed by atoms with E-state index < -0.39 is 0 Å². The lowest BCUT2D eigenvalue weighted by molar-refractivity contribution is 1.02. The smallest absolute Gasteiger partial charge is 0.00365 e. The molecule has 3 aromatic carbocycles. The van der Waals surface area contributed by atoms with E-state index in [-0.39, 0.29) is 0 Å². The summed E-state index contributed by atoms with van der Waals surface area (Å²) in [4.78, 5) is 0. The quantitative estimate of drug-likeness (QED) is 0.251. The van der Waals surface area contributed by atoms with Gasteiger partial charge in [0.15, 0.2) is 0 Å². The summed E-state index contributed by atoms with van der Waals surface area (Å²) in [6.07, 6.45) is 7.02. The van der Waals surface area contributed by atoms with Crippen molar-refractivity contribution in [3.8, 4) is 0 Å². The third-order valence-electron chi connectivity index (χ3n) is 5.45. The van der Waals surface area contributed by atoms with E-state index in [0.29, 0.717) is 6.54 Å². The van der Waals surface area contributed by atoms with Crippen LogP contribution in [0.1, 0.15) is 34.2 Å². The monoisotopic (exact) mass is 449 g/mol. The van der Waals surface area contributed by atoms with Crippen LogP contribution in [-0.2, 0) is 0 Å². The van der Waals surface area contributed by atoms with Gasteiger partial charge in [0.05, 0.1) is 0 Å². The van der Waals surface area contributed by atoms with Crippen LogP contribution < -0.4 is 5.73 Å². The van der Waals surface area contributed by atoms with Gasteiger partial charge in [-0.3, -0.25) is 0 Å². The van der Waals surface area contributed by atoms with Crippen LogP contribution in [0.2, 0.25) is 0 Å². The lowest BCUT2D eigenvalue weighted by Crippen LogP contribution is -2.01. The number of allylic oxidation sites excluding steroid dienone is 6. The van der Waals surface area contributed by atoms with Crippen LogP contribution in [0.5, 0.6) is 0 Å². The minimum Gasteiger partial charge on any atom is -0.330 e. The molecule has 0 radical (unpaired) electrons. The molecule has 0 fully saturated rings. The van der Waals surface area contributed by atoms with Gasteiger partial charge in [-0.2, -0.15) is 12.6 Å². The Balaban J connectivity index is 1.98. The van der Waals surface area contributed by atoms with Gasteiger partial charge in [0.1, 0.15) is 0 Å². The Morgan fingerprint density at radius 1 is 0.788 bits per heavy atom. The molecule has 2 N–H and O–H groups in total. The van der Waals surface area contributed by atoms with Gasteiger partial charge in [0.25, 0.3) is 0 Å². The maximum atomic E-state index is 5.97. The second kappa shape index (κ2) is 12.1. The van der Waals surface area contributed by atoms with Crippen molar-refractivity contribution in [2.24, 2.45) is 5.73 Å². The zero-order chi connectivity index (χ0) is 23.6. The number of aryl methyl sites for hydroxylation is 1. The van der Waals surface area contributed by atoms with Gasteiger partial charge in [-0.05, 0) is 88.1 Å². The minimum absolute atomic E-state index is 0.571. The molecule has 0 amide bonds. The molecule has 0 heterocycles. The summed E-state index contributed by atoms with van der Waals surface area (Å²) in [7, 11) is 0. The fourth-order valence-corrected chi connectivity index (χ4v) is 3.88. The van der Waals surface area contributed by atoms with Crippen molar-refractivity contribution in [1.29, 1.82) is 0 Å². The summed E-state index contributed by atoms with van der Waals surface area (Å²) in [5, 5.41) is 1.76. The third-order valence-corrected chi connectivity index (χ3v) is 5.60. The molecule has 3 rings (SSSR count). The highest BCUT2D eigenvalue weighted by molar-refractivity contribution is 7.83. The summed E-state index contributed by atoms with van der Waals surface area (Å²) in [6.45, 7) is 11.2. The highest BCUT2D eigenvalue weighted by Crippen LogP contribution is 2.28. The molecule has 0 aliphatic heterocycles. The fraction of sp³-hybridized carbons (Fsp3) is 0.0968. The van der Waals surface area contributed by atoms with Crippen LogP contribution in [0.15, 0.2) is 116 Å². The second-order valence-corrected chi connectivity index (χ2v) is 8.29. The summed E-state index contributed by atoms with van der Waals surface area (Å²) in [6, 6.07) is 27.1. The molecule has 33 heavy (non-hydrogen) atoms. The summed E-state index contributed by atoms with van der Waals surface area (Å²) >= 11 is 4.32. The van der Waals surface area contributed by atoms with E-state index in [2.05, 4.69) is 106 Å². The first kappa shape index (κ1) is 24.3. The first-order chi connectivity index (χ1) is 16.0. The molecule has 0 bridgehead atoms. The van der Waals surface area contributed by atoms with Crippen molar-refractivity contribution in [3.05, 3.63) is 143 Å². The van der Waals surface area contributed by atoms with Crippen LogP contribution in [0, 0.1) is 6.92 Å². The maximum absolute atomic E-state index is 5.97. The summed E-state index contributed by atoms with van der Waals surface area (Å²) < 4.78 is 0. The van der Waals surface area contributed by atoms with Gasteiger partial charge in [-0.1, -0.05) is 97.6 Å². The van der Waals surface area contributed by atoms with Gasteiger partial charge < -0.3 is 5.73 Å². The molecule has 0 aliphatic rings. The van der Waals surface area contributed by atoms with Crippen molar-refractivity contribution in [2.45, 2.75) is 13.3 Å². The molecule has 0 unspecified atom stereocenters. The van der Waals surface area contributed by atoms with Crippen LogP contribution in [0.3, 0.4) is 0 Å². The number of hydrogen-bond donors (Lipinski definition) is 2. The first-order valence-corrected chi connectivity index (χ1v) is 11.6. The minimum atomic E-state index is 0.571. The summed E-state index contributed by atoms with van der Waals surface area (Å²) in [5.74, 6) is 0. The number of benzene rings is 3. The van der Waals surface area contributed by atoms with E-state index in [1.807, 2.05) is 24.3 Å². The molecule has 0 aromatic heterocycles. The van der Waals surface area contributed by atoms with Gasteiger partial charge in [0, 0.05) is 0 Å². The number of nitrogens with two attached hydrogens (primary N) is 1. The predicted octanol–water partition coefficient (Wildman–Crippen LogP) is 7.98. The lowest BCUT2D eigenvalue weighted by atomic mass is 9.93. The van der Waals surface area contributed by atoms with E-state index in [0.717, 1.165) is 45.4 Å². The normalized spacial score (nSPS) is 12.2. The SMILES string of the molecule is C=C(/C=C(\C=C/S)c1cccc(/C(=C/C(=C)c2cccc(C)c2)CCN)c1)c1ccccc1. The van der Waals surface area contributed by atoms with Gasteiger partial charge in [-0.25, -0.2) is 0 Å². The molecular formula is C31H31NS. The Labute approximate surface area is 203 Å². The maximum Gasteiger partial charge on any atom is -0.00365 e. The zero-order valence-corrected chi connectivity index (χ0v) is 20.1. The van der Waals surface area contributed by atoms with E-state index in [9.17, 15) is 0 Å². The van der Waals surface area contributed by atoms with Crippen LogP contribution in [-0.4, -0.2) is 6.54 Å². The summed E-state index contributed by atoms with van der Waals surface area (Å²) in [5.41, 5.74) is 15.8. The van der Waals surface area contributed by atoms with Crippen LogP contribution in [0.4, 0.5) is 0 Å². The molecule has 0 atom stereocenters. The predicted molar refractivity (Wildman–Crippen MR) is 150 cm³/mol. The van der Waals surface area contributed by atoms with E-state index >= 15 is 0 Å². The molecule has 0 spiro atoms. The van der Waals surface area contributed by atoms with E-state index in [4.69, 9.17) is 5.73 Å². The average molecular weight is 450 g/mol. The van der Waals surface area contributed by atoms with Crippen molar-refractivity contribution in [3.63, 3.8) is 0 Å². The highest BCUT2D eigenvalue weighted by atomic mass is 32.1. The molecular weight excluding hydrogens is 418 g/mol. The van der Waals surface area contributed by atoms with Crippen molar-refractivity contribution in [1.82, 2.24) is 0 Å². The van der Waals surface area contributed by atoms with Crippen LogP contribution in [0.25, 0.3) is 22.3 Å². The average Bonchev–Trinajstić information content (AvgIpc) is 2.84. The Morgan fingerprint density at radius 2 is 1.42 bits per heavy atom. The highest BCUT2D eigenvalue weighted by Gasteiger charge is 2.07. The molecule has 3 aromatic rings. The first-order valence-electron chi connectivity index (χ1n) is 11.1. The van der Waals surface area contributed by atoms with Crippen molar-refractivity contribution >= 4 is 34.9 Å². The zero-order valence-electron chi connectivity index (χ0n) is 19.2. The Bertz CT molecular complexity index is 1210. The van der Waals surface area contributed by atoms with Crippen molar-refractivity contribution in [2.75, 3.05) is 6.54 Å². The van der Waals surface area contributed by atoms with Crippen LogP contribution >= 0.6 is 12.6 Å². The fourth-order valence-electron chi connectivity index (χ4n) is 3.72. The molecule has 0 aliphatic carbocycles. The molecule has 1 nitrogen and oxygen atoms in total. The molecule has 166 valence electrons. The number of thiol groups is 1. The number of rotatable bonds is 9. The second-order valence-electron chi connectivity index (χ2n) is 7.99. The lowest BCUT2D eigenvalue weighted by Gasteiger charge is -2.12. The molecule has 0 saturated carbocycles. The topological polar surface area (TPSA) is 26.0 Å². The Morgan fingerprint density at radius 3 is 2.12 bits per heavy atom. The van der Waals surface area contributed by atoms with E-state index in [1.165, 1.54) is 11.1 Å². The standard InChI is InChI=1S/C31H31NS/c1-23-9-7-12-27(19-23)25(3)21-30(15-17-32)28-13-8-14-29(22-28)31(16-18-33)20-24(2)26-10-5-4-6-11-26/h4-14,16,18-22,33H,2-3,15,17,32H2,1H3/b18-16-,30-21+,31-20+. The third kappa shape index (κ3) is 6.82. The molecule has 2 heteroatoms. The number of hydrogen-bond acceptors (Lipinski definition) is 2. The van der Waals surface area contributed by atoms with Gasteiger partial charge in [-0.15, -0.1) is 0 Å². The Kier molecular flexibility index (Phi) is 8.88. The Hall–Kier alpha value is -3.33. The van der Waals surface area contributed by atoms with Gasteiger partial charge in [0.2, 0.25) is 0 Å². The molecule has 0 saturated heterocycles. The van der Waals surface area contributed by atoms with Crippen molar-refractivity contribution < 1.29 is 0 Å². The van der Waals surface area contributed by atoms with Gasteiger partial charge >= 0.3 is 0 Å². The largest absolute Gasteiger partial charge is 0.330 e.